The summed E-state index contributed by atoms with van der Waals surface area (Å²) in [6.45, 7) is 2.05. The maximum atomic E-state index is 12.1. The van der Waals surface area contributed by atoms with E-state index in [9.17, 15) is 9.90 Å². The molecule has 2 saturated carbocycles. The maximum absolute atomic E-state index is 12.1. The van der Waals surface area contributed by atoms with Gasteiger partial charge in [-0.2, -0.15) is 0 Å². The van der Waals surface area contributed by atoms with Gasteiger partial charge in [-0.3, -0.25) is 0 Å². The monoisotopic (exact) mass is 267 g/mol. The van der Waals surface area contributed by atoms with E-state index in [4.69, 9.17) is 5.73 Å². The Balaban J connectivity index is 1.43. The Bertz CT molecular complexity index is 364. The number of likely N-dealkylation sites (tertiary alicyclic amines) is 1. The third-order valence-corrected chi connectivity index (χ3v) is 5.50. The van der Waals surface area contributed by atoms with Crippen molar-refractivity contribution >= 4 is 6.03 Å². The second kappa shape index (κ2) is 4.63. The third kappa shape index (κ3) is 2.34. The van der Waals surface area contributed by atoms with Crippen LogP contribution in [0.2, 0.25) is 0 Å². The van der Waals surface area contributed by atoms with Gasteiger partial charge in [0.2, 0.25) is 0 Å². The minimum atomic E-state index is -0.510. The van der Waals surface area contributed by atoms with Crippen LogP contribution in [0.1, 0.15) is 44.9 Å². The summed E-state index contributed by atoms with van der Waals surface area (Å²) in [5.74, 6) is 0. The molecule has 1 saturated heterocycles. The summed E-state index contributed by atoms with van der Waals surface area (Å²) < 4.78 is 0. The van der Waals surface area contributed by atoms with Gasteiger partial charge in [-0.1, -0.05) is 6.42 Å². The van der Waals surface area contributed by atoms with E-state index in [0.29, 0.717) is 19.5 Å². The number of nitrogens with zero attached hydrogens (tertiary/aromatic N) is 1. The van der Waals surface area contributed by atoms with Gasteiger partial charge in [0.05, 0.1) is 5.60 Å². The van der Waals surface area contributed by atoms with Gasteiger partial charge in [-0.05, 0) is 38.5 Å². The molecule has 3 fully saturated rings. The first-order valence-electron chi connectivity index (χ1n) is 7.54. The van der Waals surface area contributed by atoms with E-state index in [1.54, 1.807) is 0 Å². The third-order valence-electron chi connectivity index (χ3n) is 5.50. The number of nitrogens with one attached hydrogen (secondary N) is 1. The van der Waals surface area contributed by atoms with Crippen molar-refractivity contribution in [2.45, 2.75) is 56.6 Å². The summed E-state index contributed by atoms with van der Waals surface area (Å²) in [4.78, 5) is 13.9. The van der Waals surface area contributed by atoms with Crippen LogP contribution in [0.15, 0.2) is 0 Å². The first-order valence-corrected chi connectivity index (χ1v) is 7.54. The molecule has 5 heteroatoms. The summed E-state index contributed by atoms with van der Waals surface area (Å²) in [7, 11) is 0. The van der Waals surface area contributed by atoms with E-state index in [1.165, 1.54) is 6.42 Å². The van der Waals surface area contributed by atoms with Gasteiger partial charge in [0.1, 0.15) is 0 Å². The van der Waals surface area contributed by atoms with Crippen LogP contribution in [0.5, 0.6) is 0 Å². The molecule has 1 atom stereocenters. The summed E-state index contributed by atoms with van der Waals surface area (Å²) in [5.41, 5.74) is 5.87. The zero-order valence-electron chi connectivity index (χ0n) is 11.5. The van der Waals surface area contributed by atoms with Crippen LogP contribution in [0.4, 0.5) is 4.79 Å². The van der Waals surface area contributed by atoms with Crippen LogP contribution < -0.4 is 11.1 Å². The minimum Gasteiger partial charge on any atom is -0.390 e. The van der Waals surface area contributed by atoms with Crippen LogP contribution >= 0.6 is 0 Å². The van der Waals surface area contributed by atoms with Gasteiger partial charge < -0.3 is 21.1 Å². The lowest BCUT2D eigenvalue weighted by molar-refractivity contribution is -0.0390. The van der Waals surface area contributed by atoms with Crippen molar-refractivity contribution < 1.29 is 9.90 Å². The van der Waals surface area contributed by atoms with Gasteiger partial charge in [-0.15, -0.1) is 0 Å². The number of nitrogens with two attached hydrogens (primary N) is 1. The normalized spacial score (nSPS) is 30.8. The van der Waals surface area contributed by atoms with Crippen molar-refractivity contribution in [2.75, 3.05) is 19.6 Å². The van der Waals surface area contributed by atoms with Gasteiger partial charge in [0.15, 0.2) is 0 Å². The van der Waals surface area contributed by atoms with Crippen LogP contribution in [-0.2, 0) is 0 Å². The molecule has 4 N–H and O–H groups in total. The maximum Gasteiger partial charge on any atom is 0.317 e. The highest BCUT2D eigenvalue weighted by Gasteiger charge is 2.49. The molecule has 108 valence electrons. The second-order valence-corrected chi connectivity index (χ2v) is 6.76. The summed E-state index contributed by atoms with van der Waals surface area (Å²) >= 11 is 0. The Morgan fingerprint density at radius 3 is 2.47 bits per heavy atom. The molecular weight excluding hydrogens is 242 g/mol. The Kier molecular flexibility index (Phi) is 3.21. The lowest BCUT2D eigenvalue weighted by Crippen LogP contribution is -2.45. The summed E-state index contributed by atoms with van der Waals surface area (Å²) in [6, 6.07) is 0.130. The zero-order valence-corrected chi connectivity index (χ0v) is 11.5. The molecule has 5 nitrogen and oxygen atoms in total. The van der Waals surface area contributed by atoms with Gasteiger partial charge >= 0.3 is 6.03 Å². The van der Waals surface area contributed by atoms with Crippen molar-refractivity contribution in [2.24, 2.45) is 11.1 Å². The van der Waals surface area contributed by atoms with E-state index < -0.39 is 5.60 Å². The van der Waals surface area contributed by atoms with E-state index in [-0.39, 0.29) is 17.5 Å². The topological polar surface area (TPSA) is 78.6 Å². The van der Waals surface area contributed by atoms with Crippen molar-refractivity contribution in [1.82, 2.24) is 10.2 Å². The highest BCUT2D eigenvalue weighted by molar-refractivity contribution is 5.74. The van der Waals surface area contributed by atoms with Gasteiger partial charge in [0.25, 0.3) is 0 Å². The number of amides is 2. The Hall–Kier alpha value is -0.810. The molecule has 0 bridgehead atoms. The molecule has 0 radical (unpaired) electrons. The number of hydrogen-bond acceptors (Lipinski definition) is 3. The summed E-state index contributed by atoms with van der Waals surface area (Å²) in [6.07, 6.45) is 7.10. The zero-order chi connectivity index (χ0) is 13.5. The van der Waals surface area contributed by atoms with E-state index in [1.807, 2.05) is 4.90 Å². The molecule has 19 heavy (non-hydrogen) atoms. The molecule has 0 aromatic carbocycles. The molecule has 0 aromatic rings. The highest BCUT2D eigenvalue weighted by atomic mass is 16.3. The summed E-state index contributed by atoms with van der Waals surface area (Å²) in [5, 5.41) is 12.9. The number of aliphatic hydroxyl groups is 1. The average molecular weight is 267 g/mol. The lowest BCUT2D eigenvalue weighted by Gasteiger charge is -2.41. The molecule has 0 aromatic heterocycles. The fraction of sp³-hybridized carbons (Fsp3) is 0.929. The van der Waals surface area contributed by atoms with Crippen molar-refractivity contribution in [3.05, 3.63) is 0 Å². The minimum absolute atomic E-state index is 0.0119. The smallest absolute Gasteiger partial charge is 0.317 e. The van der Waals surface area contributed by atoms with Gasteiger partial charge in [0, 0.05) is 31.1 Å². The van der Waals surface area contributed by atoms with Crippen molar-refractivity contribution in [3.63, 3.8) is 0 Å². The molecule has 2 amide bonds. The molecular formula is C14H25N3O2. The van der Waals surface area contributed by atoms with E-state index in [0.717, 1.165) is 38.6 Å². The Morgan fingerprint density at radius 1 is 1.32 bits per heavy atom. The predicted octanol–water partition coefficient (Wildman–Crippen LogP) is 0.814. The predicted molar refractivity (Wildman–Crippen MR) is 72.6 cm³/mol. The average Bonchev–Trinajstić information content (AvgIpc) is 2.64. The van der Waals surface area contributed by atoms with Crippen LogP contribution in [0.25, 0.3) is 0 Å². The molecule has 3 rings (SSSR count). The number of hydrogen-bond donors (Lipinski definition) is 3. The standard InChI is InChI=1S/C14H25N3O2/c15-11-9-17(10-13(11)3-1-4-13)12(18)16-8-7-14(19)5-2-6-14/h11,19H,1-10,15H2,(H,16,18). The largest absolute Gasteiger partial charge is 0.390 e. The van der Waals surface area contributed by atoms with Crippen LogP contribution in [0, 0.1) is 5.41 Å². The Morgan fingerprint density at radius 2 is 2.00 bits per heavy atom. The van der Waals surface area contributed by atoms with Crippen LogP contribution in [-0.4, -0.2) is 47.3 Å². The second-order valence-electron chi connectivity index (χ2n) is 6.76. The molecule has 3 aliphatic rings. The van der Waals surface area contributed by atoms with E-state index in [2.05, 4.69) is 5.32 Å². The lowest BCUT2D eigenvalue weighted by atomic mass is 9.66. The van der Waals surface area contributed by atoms with Crippen LogP contribution in [0.3, 0.4) is 0 Å². The molecule has 1 heterocycles. The van der Waals surface area contributed by atoms with Crippen molar-refractivity contribution in [1.29, 1.82) is 0 Å². The molecule has 1 unspecified atom stereocenters. The molecule has 1 aliphatic heterocycles. The highest BCUT2D eigenvalue weighted by Crippen LogP contribution is 2.47. The Labute approximate surface area is 114 Å². The SMILES string of the molecule is NC1CN(C(=O)NCCC2(O)CCC2)CC12CCC2. The van der Waals surface area contributed by atoms with Crippen molar-refractivity contribution in [3.8, 4) is 0 Å². The first-order chi connectivity index (χ1) is 9.03. The number of rotatable bonds is 3. The van der Waals surface area contributed by atoms with E-state index >= 15 is 0 Å². The fourth-order valence-corrected chi connectivity index (χ4v) is 3.66. The first kappa shape index (κ1) is 13.2. The van der Waals surface area contributed by atoms with Gasteiger partial charge in [-0.25, -0.2) is 4.79 Å². The number of carbonyl (C=O) groups excluding carboxylic acids is 1. The number of carbonyl (C=O) groups is 1. The molecule has 1 spiro atoms. The quantitative estimate of drug-likeness (QED) is 0.708. The number of urea groups is 1. The fourth-order valence-electron chi connectivity index (χ4n) is 3.66. The molecule has 2 aliphatic carbocycles.